The number of hydrogen-bond donors (Lipinski definition) is 1. The van der Waals surface area contributed by atoms with E-state index in [2.05, 4.69) is 27.7 Å². The number of sulfone groups is 1. The van der Waals surface area contributed by atoms with Gasteiger partial charge in [0.2, 0.25) is 0 Å². The van der Waals surface area contributed by atoms with E-state index in [1.54, 1.807) is 6.07 Å². The minimum Gasteiger partial charge on any atom is -1.00 e. The van der Waals surface area contributed by atoms with Gasteiger partial charge in [-0.05, 0) is 75.1 Å². The molecule has 0 amide bonds. The standard InChI is InChI=1S/C32H51N2O4S.ClH/c1-8-13-19-32(9-2)24-39(36,37)29-18-17-26(33(6)7)23-28(29)30(31(32)35)25-15-14-16-27(22-25)38-21-20-34(10-3,11-4)12-5;/h14-18,22-23,30-31,35H,8-13,19-21,24H2,1-7H3;1H/q+1;/p-1/t30-,31-,32-;/m1./s1. The Kier molecular flexibility index (Phi) is 12.4. The molecule has 8 heteroatoms. The van der Waals surface area contributed by atoms with Crippen LogP contribution >= 0.6 is 0 Å². The normalized spacial score (nSPS) is 22.1. The molecule has 0 unspecified atom stereocenters. The first-order chi connectivity index (χ1) is 18.5. The van der Waals surface area contributed by atoms with Gasteiger partial charge in [0.1, 0.15) is 18.9 Å². The molecule has 0 bridgehead atoms. The summed E-state index contributed by atoms with van der Waals surface area (Å²) in [6.45, 7) is 15.6. The predicted molar refractivity (Wildman–Crippen MR) is 162 cm³/mol. The summed E-state index contributed by atoms with van der Waals surface area (Å²) in [6.07, 6.45) is 2.25. The number of aliphatic hydroxyl groups excluding tert-OH is 1. The maximum Gasteiger partial charge on any atom is 0.179 e. The Hall–Kier alpha value is -1.80. The minimum absolute atomic E-state index is 0. The predicted octanol–water partition coefficient (Wildman–Crippen LogP) is 2.88. The topological polar surface area (TPSA) is 66.8 Å². The molecule has 2 aromatic carbocycles. The Bertz CT molecular complexity index is 1190. The Labute approximate surface area is 249 Å². The van der Waals surface area contributed by atoms with Crippen LogP contribution in [0.1, 0.15) is 77.3 Å². The van der Waals surface area contributed by atoms with Gasteiger partial charge in [-0.15, -0.1) is 0 Å². The average molecular weight is 595 g/mol. The van der Waals surface area contributed by atoms with E-state index in [1.807, 2.05) is 62.3 Å². The fourth-order valence-corrected chi connectivity index (χ4v) is 8.56. The highest BCUT2D eigenvalue weighted by atomic mass is 35.5. The van der Waals surface area contributed by atoms with Crippen molar-refractivity contribution in [2.24, 2.45) is 5.41 Å². The van der Waals surface area contributed by atoms with Crippen LogP contribution in [-0.4, -0.2) is 76.7 Å². The van der Waals surface area contributed by atoms with Gasteiger partial charge in [-0.1, -0.05) is 38.8 Å². The molecule has 0 spiro atoms. The molecule has 40 heavy (non-hydrogen) atoms. The van der Waals surface area contributed by atoms with Crippen LogP contribution in [0.15, 0.2) is 47.4 Å². The molecule has 1 N–H and O–H groups in total. The second-order valence-corrected chi connectivity index (χ2v) is 13.5. The average Bonchev–Trinajstić information content (AvgIpc) is 3.00. The van der Waals surface area contributed by atoms with Crippen molar-refractivity contribution >= 4 is 15.5 Å². The largest absolute Gasteiger partial charge is 1.00 e. The van der Waals surface area contributed by atoms with Crippen molar-refractivity contribution in [3.05, 3.63) is 53.6 Å². The van der Waals surface area contributed by atoms with Gasteiger partial charge in [0, 0.05) is 31.1 Å². The summed E-state index contributed by atoms with van der Waals surface area (Å²) in [6, 6.07) is 13.5. The van der Waals surface area contributed by atoms with Crippen LogP contribution in [-0.2, 0) is 9.84 Å². The summed E-state index contributed by atoms with van der Waals surface area (Å²) in [5.41, 5.74) is 1.76. The summed E-state index contributed by atoms with van der Waals surface area (Å²) >= 11 is 0. The quantitative estimate of drug-likeness (QED) is 0.361. The van der Waals surface area contributed by atoms with E-state index in [0.29, 0.717) is 29.9 Å². The number of ether oxygens (including phenoxy) is 1. The van der Waals surface area contributed by atoms with Gasteiger partial charge in [0.05, 0.1) is 36.4 Å². The molecule has 0 fully saturated rings. The number of unbranched alkanes of at least 4 members (excludes halogenated alkanes) is 1. The maximum absolute atomic E-state index is 13.9. The van der Waals surface area contributed by atoms with Crippen molar-refractivity contribution in [3.63, 3.8) is 0 Å². The van der Waals surface area contributed by atoms with Crippen molar-refractivity contribution in [2.75, 3.05) is 57.5 Å². The Balaban J connectivity index is 0.00000560. The summed E-state index contributed by atoms with van der Waals surface area (Å²) in [5.74, 6) is 0.243. The number of fused-ring (bicyclic) bond motifs is 1. The van der Waals surface area contributed by atoms with Crippen molar-refractivity contribution in [3.8, 4) is 5.75 Å². The zero-order chi connectivity index (χ0) is 28.8. The third-order valence-electron chi connectivity index (χ3n) is 9.40. The number of halogens is 1. The highest BCUT2D eigenvalue weighted by Crippen LogP contribution is 2.49. The highest BCUT2D eigenvalue weighted by Gasteiger charge is 2.49. The Morgan fingerprint density at radius 3 is 2.27 bits per heavy atom. The van der Waals surface area contributed by atoms with Gasteiger partial charge in [0.15, 0.2) is 9.84 Å². The van der Waals surface area contributed by atoms with Crippen molar-refractivity contribution in [1.82, 2.24) is 0 Å². The van der Waals surface area contributed by atoms with E-state index in [4.69, 9.17) is 4.74 Å². The lowest BCUT2D eigenvalue weighted by Crippen LogP contribution is -3.00. The van der Waals surface area contributed by atoms with Gasteiger partial charge >= 0.3 is 0 Å². The van der Waals surface area contributed by atoms with Crippen LogP contribution in [0.3, 0.4) is 0 Å². The van der Waals surface area contributed by atoms with Crippen molar-refractivity contribution in [1.29, 1.82) is 0 Å². The highest BCUT2D eigenvalue weighted by molar-refractivity contribution is 7.91. The molecular weight excluding hydrogens is 544 g/mol. The third-order valence-corrected chi connectivity index (χ3v) is 11.4. The first-order valence-electron chi connectivity index (χ1n) is 14.8. The molecule has 1 aliphatic heterocycles. The molecule has 0 aromatic heterocycles. The van der Waals surface area contributed by atoms with E-state index < -0.39 is 27.3 Å². The van der Waals surface area contributed by atoms with Gasteiger partial charge in [-0.2, -0.15) is 0 Å². The maximum atomic E-state index is 13.9. The molecule has 0 saturated carbocycles. The number of likely N-dealkylation sites (N-methyl/N-ethyl adjacent to an activating group) is 1. The second kappa shape index (κ2) is 14.4. The minimum atomic E-state index is -3.61. The molecule has 1 aliphatic rings. The van der Waals surface area contributed by atoms with E-state index in [0.717, 1.165) is 60.5 Å². The van der Waals surface area contributed by atoms with E-state index in [1.165, 1.54) is 0 Å². The van der Waals surface area contributed by atoms with Gasteiger partial charge in [-0.25, -0.2) is 8.42 Å². The van der Waals surface area contributed by atoms with Gasteiger partial charge in [-0.3, -0.25) is 0 Å². The third kappa shape index (κ3) is 7.15. The van der Waals surface area contributed by atoms with E-state index >= 15 is 0 Å². The number of hydrogen-bond acceptors (Lipinski definition) is 5. The number of quaternary nitrogens is 1. The molecule has 2 aromatic rings. The molecule has 226 valence electrons. The monoisotopic (exact) mass is 594 g/mol. The zero-order valence-corrected chi connectivity index (χ0v) is 27.2. The Morgan fingerprint density at radius 2 is 1.70 bits per heavy atom. The molecule has 1 heterocycles. The Morgan fingerprint density at radius 1 is 1.02 bits per heavy atom. The number of benzene rings is 2. The van der Waals surface area contributed by atoms with Crippen LogP contribution in [0, 0.1) is 5.41 Å². The fraction of sp³-hybridized carbons (Fsp3) is 0.625. The van der Waals surface area contributed by atoms with E-state index in [-0.39, 0.29) is 18.2 Å². The zero-order valence-electron chi connectivity index (χ0n) is 25.6. The molecule has 3 atom stereocenters. The van der Waals surface area contributed by atoms with E-state index in [9.17, 15) is 13.5 Å². The lowest BCUT2D eigenvalue weighted by Gasteiger charge is -2.39. The molecule has 0 saturated heterocycles. The van der Waals surface area contributed by atoms with Crippen LogP contribution < -0.4 is 22.0 Å². The number of nitrogens with zero attached hydrogens (tertiary/aromatic N) is 2. The second-order valence-electron chi connectivity index (χ2n) is 11.6. The summed E-state index contributed by atoms with van der Waals surface area (Å²) in [7, 11) is 0.294. The SMILES string of the molecule is CCCC[C@]1(CC)CS(=O)(=O)c2ccc(N(C)C)cc2[C@@H](c2cccc(OCC[N+](CC)(CC)CC)c2)[C@H]1O.[Cl-]. The number of aliphatic hydroxyl groups is 1. The molecule has 0 radical (unpaired) electrons. The van der Waals surface area contributed by atoms with Crippen LogP contribution in [0.4, 0.5) is 5.69 Å². The molecule has 3 rings (SSSR count). The lowest BCUT2D eigenvalue weighted by atomic mass is 9.69. The molecule has 0 aliphatic carbocycles. The van der Waals surface area contributed by atoms with Crippen LogP contribution in [0.25, 0.3) is 0 Å². The van der Waals surface area contributed by atoms with Crippen LogP contribution in [0.5, 0.6) is 5.75 Å². The first-order valence-corrected chi connectivity index (χ1v) is 16.5. The number of rotatable bonds is 13. The summed E-state index contributed by atoms with van der Waals surface area (Å²) in [4.78, 5) is 2.32. The summed E-state index contributed by atoms with van der Waals surface area (Å²) < 4.78 is 35.0. The lowest BCUT2D eigenvalue weighted by molar-refractivity contribution is -0.923. The molecule has 6 nitrogen and oxygen atoms in total. The van der Waals surface area contributed by atoms with Crippen molar-refractivity contribution < 1.29 is 35.2 Å². The number of anilines is 1. The van der Waals surface area contributed by atoms with Crippen LogP contribution in [0.2, 0.25) is 0 Å². The fourth-order valence-electron chi connectivity index (χ4n) is 6.30. The smallest absolute Gasteiger partial charge is 0.179 e. The van der Waals surface area contributed by atoms with Gasteiger partial charge < -0.3 is 31.6 Å². The van der Waals surface area contributed by atoms with Crippen molar-refractivity contribution in [2.45, 2.75) is 77.2 Å². The summed E-state index contributed by atoms with van der Waals surface area (Å²) in [5, 5.41) is 12.2. The van der Waals surface area contributed by atoms with Gasteiger partial charge in [0.25, 0.3) is 0 Å². The first kappa shape index (κ1) is 34.4. The molecular formula is C32H51ClN2O4S.